The molecule has 0 saturated carbocycles. The zero-order chi connectivity index (χ0) is 19.1. The Morgan fingerprint density at radius 1 is 1.07 bits per heavy atom. The summed E-state index contributed by atoms with van der Waals surface area (Å²) in [5.74, 6) is 2.90. The number of hydrogen-bond donors (Lipinski definition) is 3. The van der Waals surface area contributed by atoms with Crippen molar-refractivity contribution in [3.8, 4) is 17.1 Å². The van der Waals surface area contributed by atoms with Gasteiger partial charge in [0.05, 0.1) is 13.7 Å². The average molecular weight is 364 g/mol. The van der Waals surface area contributed by atoms with Crippen molar-refractivity contribution in [2.24, 2.45) is 4.99 Å². The Kier molecular flexibility index (Phi) is 6.04. The van der Waals surface area contributed by atoms with Crippen molar-refractivity contribution < 1.29 is 4.74 Å². The number of aliphatic imine (C=N–C) groups is 1. The van der Waals surface area contributed by atoms with E-state index < -0.39 is 0 Å². The van der Waals surface area contributed by atoms with E-state index in [1.165, 1.54) is 11.1 Å². The smallest absolute Gasteiger partial charge is 0.191 e. The van der Waals surface area contributed by atoms with Crippen molar-refractivity contribution in [1.82, 2.24) is 25.8 Å². The summed E-state index contributed by atoms with van der Waals surface area (Å²) >= 11 is 0. The third-order valence-corrected chi connectivity index (χ3v) is 4.23. The third kappa shape index (κ3) is 4.84. The van der Waals surface area contributed by atoms with Crippen LogP contribution in [0.15, 0.2) is 53.5 Å². The van der Waals surface area contributed by atoms with Crippen LogP contribution in [0.2, 0.25) is 0 Å². The molecule has 7 nitrogen and oxygen atoms in total. The fraction of sp³-hybridized carbons (Fsp3) is 0.250. The van der Waals surface area contributed by atoms with Crippen LogP contribution >= 0.6 is 0 Å². The first-order valence-corrected chi connectivity index (χ1v) is 8.74. The van der Waals surface area contributed by atoms with Crippen LogP contribution in [0.5, 0.6) is 5.75 Å². The van der Waals surface area contributed by atoms with E-state index in [0.717, 1.165) is 17.1 Å². The number of hydrogen-bond acceptors (Lipinski definition) is 4. The maximum atomic E-state index is 5.17. The molecule has 140 valence electrons. The molecule has 3 N–H and O–H groups in total. The standard InChI is InChI=1S/C20H24N6O/c1-14-6-4-5-7-16(14)12-22-20(21-2)23-13-18-24-19(26-25-18)15-8-10-17(27-3)11-9-15/h4-11H,12-13H2,1-3H3,(H2,21,22,23)(H,24,25,26). The fourth-order valence-corrected chi connectivity index (χ4v) is 2.62. The molecule has 27 heavy (non-hydrogen) atoms. The summed E-state index contributed by atoms with van der Waals surface area (Å²) in [5, 5.41) is 13.8. The Morgan fingerprint density at radius 2 is 1.81 bits per heavy atom. The highest BCUT2D eigenvalue weighted by Gasteiger charge is 2.07. The molecule has 0 fully saturated rings. The molecule has 0 aliphatic heterocycles. The minimum Gasteiger partial charge on any atom is -0.497 e. The highest BCUT2D eigenvalue weighted by atomic mass is 16.5. The van der Waals surface area contributed by atoms with Crippen molar-refractivity contribution in [3.05, 3.63) is 65.5 Å². The molecule has 2 aromatic carbocycles. The van der Waals surface area contributed by atoms with Crippen molar-refractivity contribution in [1.29, 1.82) is 0 Å². The number of nitrogens with one attached hydrogen (secondary N) is 3. The Bertz CT molecular complexity index is 901. The lowest BCUT2D eigenvalue weighted by Crippen LogP contribution is -2.36. The maximum Gasteiger partial charge on any atom is 0.191 e. The molecule has 0 saturated heterocycles. The lowest BCUT2D eigenvalue weighted by atomic mass is 10.1. The fourth-order valence-electron chi connectivity index (χ4n) is 2.62. The van der Waals surface area contributed by atoms with Crippen LogP contribution in [0.25, 0.3) is 11.4 Å². The van der Waals surface area contributed by atoms with Gasteiger partial charge in [0.1, 0.15) is 11.6 Å². The molecule has 0 aliphatic rings. The number of nitrogens with zero attached hydrogens (tertiary/aromatic N) is 3. The van der Waals surface area contributed by atoms with E-state index >= 15 is 0 Å². The molecule has 3 rings (SSSR count). The van der Waals surface area contributed by atoms with Gasteiger partial charge in [-0.3, -0.25) is 10.1 Å². The first-order chi connectivity index (χ1) is 13.2. The number of ether oxygens (including phenoxy) is 1. The van der Waals surface area contributed by atoms with Crippen molar-refractivity contribution in [2.75, 3.05) is 14.2 Å². The molecule has 1 heterocycles. The first-order valence-electron chi connectivity index (χ1n) is 8.74. The molecular formula is C20H24N6O. The summed E-state index contributed by atoms with van der Waals surface area (Å²) in [5.41, 5.74) is 3.42. The van der Waals surface area contributed by atoms with Crippen LogP contribution < -0.4 is 15.4 Å². The van der Waals surface area contributed by atoms with E-state index in [-0.39, 0.29) is 0 Å². The van der Waals surface area contributed by atoms with E-state index in [0.29, 0.717) is 24.9 Å². The van der Waals surface area contributed by atoms with Crippen molar-refractivity contribution in [3.63, 3.8) is 0 Å². The molecule has 0 unspecified atom stereocenters. The zero-order valence-electron chi connectivity index (χ0n) is 15.8. The number of guanidine groups is 1. The third-order valence-electron chi connectivity index (χ3n) is 4.23. The van der Waals surface area contributed by atoms with Crippen LogP contribution in [0.1, 0.15) is 17.0 Å². The van der Waals surface area contributed by atoms with Gasteiger partial charge >= 0.3 is 0 Å². The van der Waals surface area contributed by atoms with Gasteiger partial charge in [-0.15, -0.1) is 0 Å². The normalized spacial score (nSPS) is 11.3. The lowest BCUT2D eigenvalue weighted by molar-refractivity contribution is 0.415. The number of benzene rings is 2. The first kappa shape index (κ1) is 18.4. The van der Waals surface area contributed by atoms with Gasteiger partial charge in [0.2, 0.25) is 0 Å². The molecule has 0 bridgehead atoms. The van der Waals surface area contributed by atoms with Crippen LogP contribution in [-0.4, -0.2) is 35.3 Å². The van der Waals surface area contributed by atoms with E-state index in [1.54, 1.807) is 14.2 Å². The van der Waals surface area contributed by atoms with Gasteiger partial charge in [-0.2, -0.15) is 5.10 Å². The molecule has 0 spiro atoms. The minimum atomic E-state index is 0.497. The molecule has 0 radical (unpaired) electrons. The average Bonchev–Trinajstić information content (AvgIpc) is 3.18. The van der Waals surface area contributed by atoms with Gasteiger partial charge < -0.3 is 15.4 Å². The number of H-pyrrole nitrogens is 1. The highest BCUT2D eigenvalue weighted by molar-refractivity contribution is 5.79. The minimum absolute atomic E-state index is 0.497. The van der Waals surface area contributed by atoms with Gasteiger partial charge in [-0.25, -0.2) is 4.98 Å². The van der Waals surface area contributed by atoms with Crippen molar-refractivity contribution >= 4 is 5.96 Å². The molecule has 0 atom stereocenters. The SMILES string of the molecule is CN=C(NCc1nc(-c2ccc(OC)cc2)n[nH]1)NCc1ccccc1C. The van der Waals surface area contributed by atoms with Crippen LogP contribution in [0, 0.1) is 6.92 Å². The molecule has 0 amide bonds. The molecular weight excluding hydrogens is 340 g/mol. The summed E-state index contributed by atoms with van der Waals surface area (Å²) in [7, 11) is 3.39. The van der Waals surface area contributed by atoms with E-state index in [2.05, 4.69) is 49.9 Å². The Balaban J connectivity index is 1.55. The number of aryl methyl sites for hydroxylation is 1. The van der Waals surface area contributed by atoms with Gasteiger partial charge in [0, 0.05) is 19.2 Å². The number of methoxy groups -OCH3 is 1. The van der Waals surface area contributed by atoms with Crippen molar-refractivity contribution in [2.45, 2.75) is 20.0 Å². The predicted molar refractivity (Wildman–Crippen MR) is 107 cm³/mol. The van der Waals surface area contributed by atoms with Crippen LogP contribution in [-0.2, 0) is 13.1 Å². The molecule has 3 aromatic rings. The van der Waals surface area contributed by atoms with Gasteiger partial charge in [-0.1, -0.05) is 24.3 Å². The Hall–Kier alpha value is -3.35. The van der Waals surface area contributed by atoms with E-state index in [1.807, 2.05) is 36.4 Å². The monoisotopic (exact) mass is 364 g/mol. The van der Waals surface area contributed by atoms with Crippen LogP contribution in [0.4, 0.5) is 0 Å². The van der Waals surface area contributed by atoms with E-state index in [4.69, 9.17) is 4.74 Å². The second-order valence-corrected chi connectivity index (χ2v) is 6.04. The highest BCUT2D eigenvalue weighted by Crippen LogP contribution is 2.18. The number of rotatable bonds is 6. The topological polar surface area (TPSA) is 87.2 Å². The van der Waals surface area contributed by atoms with Gasteiger partial charge in [-0.05, 0) is 42.3 Å². The second kappa shape index (κ2) is 8.84. The quantitative estimate of drug-likeness (QED) is 0.462. The summed E-state index contributed by atoms with van der Waals surface area (Å²) in [4.78, 5) is 8.77. The number of aromatic nitrogens is 3. The Morgan fingerprint density at radius 3 is 2.52 bits per heavy atom. The van der Waals surface area contributed by atoms with E-state index in [9.17, 15) is 0 Å². The summed E-state index contributed by atoms with van der Waals surface area (Å²) < 4.78 is 5.17. The molecule has 1 aromatic heterocycles. The largest absolute Gasteiger partial charge is 0.497 e. The summed E-state index contributed by atoms with van der Waals surface area (Å²) in [6.07, 6.45) is 0. The Labute approximate surface area is 158 Å². The number of aromatic amines is 1. The summed E-state index contributed by atoms with van der Waals surface area (Å²) in [6.45, 7) is 3.30. The lowest BCUT2D eigenvalue weighted by Gasteiger charge is -2.12. The maximum absolute atomic E-state index is 5.17. The van der Waals surface area contributed by atoms with Crippen LogP contribution in [0.3, 0.4) is 0 Å². The van der Waals surface area contributed by atoms with Gasteiger partial charge in [0.15, 0.2) is 11.8 Å². The predicted octanol–water partition coefficient (Wildman–Crippen LogP) is 2.65. The summed E-state index contributed by atoms with van der Waals surface area (Å²) in [6, 6.07) is 15.9. The molecule has 7 heteroatoms. The molecule has 0 aliphatic carbocycles. The second-order valence-electron chi connectivity index (χ2n) is 6.04. The zero-order valence-corrected chi connectivity index (χ0v) is 15.8. The van der Waals surface area contributed by atoms with Gasteiger partial charge in [0.25, 0.3) is 0 Å².